The molecule has 0 spiro atoms. The summed E-state index contributed by atoms with van der Waals surface area (Å²) in [5.74, 6) is -1.48. The molecule has 55 heavy (non-hydrogen) atoms. The highest BCUT2D eigenvalue weighted by atomic mass is 16.5. The maximum absolute atomic E-state index is 14.5. The Balaban J connectivity index is 1.58. The average Bonchev–Trinajstić information content (AvgIpc) is 3.74. The van der Waals surface area contributed by atoms with Gasteiger partial charge in [0.05, 0.1) is 25.0 Å². The lowest BCUT2D eigenvalue weighted by atomic mass is 9.80. The van der Waals surface area contributed by atoms with Crippen molar-refractivity contribution in [1.29, 1.82) is 0 Å². The molecule has 302 valence electrons. The molecule has 1 fully saturated rings. The lowest BCUT2D eigenvalue weighted by Crippen LogP contribution is -2.44. The van der Waals surface area contributed by atoms with Gasteiger partial charge in [0.25, 0.3) is 5.91 Å². The van der Waals surface area contributed by atoms with Gasteiger partial charge in [-0.2, -0.15) is 0 Å². The molecular weight excluding hydrogens is 693 g/mol. The van der Waals surface area contributed by atoms with Gasteiger partial charge in [0.2, 0.25) is 11.8 Å². The van der Waals surface area contributed by atoms with E-state index in [4.69, 9.17) is 4.74 Å². The third-order valence-electron chi connectivity index (χ3n) is 11.3. The number of benzene rings is 2. The topological polar surface area (TPSA) is 132 Å². The molecule has 0 radical (unpaired) electrons. The molecule has 2 unspecified atom stereocenters. The molecule has 2 aromatic carbocycles. The molecule has 2 atom stereocenters. The van der Waals surface area contributed by atoms with E-state index in [9.17, 15) is 24.3 Å². The lowest BCUT2D eigenvalue weighted by molar-refractivity contribution is -0.136. The van der Waals surface area contributed by atoms with Crippen molar-refractivity contribution in [2.24, 2.45) is 11.3 Å². The molecule has 0 aliphatic heterocycles. The van der Waals surface area contributed by atoms with Crippen LogP contribution in [-0.4, -0.2) is 38.4 Å². The summed E-state index contributed by atoms with van der Waals surface area (Å²) in [6.07, 6.45) is 19.5. The van der Waals surface area contributed by atoms with Crippen LogP contribution in [0.15, 0.2) is 59.5 Å². The number of ketones is 1. The zero-order chi connectivity index (χ0) is 39.6. The van der Waals surface area contributed by atoms with Crippen LogP contribution in [0.3, 0.4) is 0 Å². The number of nitrogens with one attached hydrogen (secondary N) is 2. The Kier molecular flexibility index (Phi) is 17.6. The molecule has 1 aliphatic carbocycles. The van der Waals surface area contributed by atoms with Crippen molar-refractivity contribution in [2.75, 3.05) is 17.2 Å². The number of carbonyl (C=O) groups excluding carboxylic acids is 3. The Hall–Kier alpha value is -4.34. The fourth-order valence-corrected chi connectivity index (χ4v) is 7.73. The van der Waals surface area contributed by atoms with Gasteiger partial charge in [-0.3, -0.25) is 19.0 Å². The number of Topliss-reactive ketones (excluding diaryl/α,β-unsaturated/α-hetero) is 1. The Morgan fingerprint density at radius 2 is 1.45 bits per heavy atom. The SMILES string of the molecule is CCCCCCCCCCCCOc1ccc(NC(=O)C(CC)CCCC)cc1NC(=O)C(C(=O)C1(C)CCCC1)n1c(O)cn(Cc2ccccc2)c1=O. The van der Waals surface area contributed by atoms with Gasteiger partial charge in [-0.05, 0) is 55.9 Å². The van der Waals surface area contributed by atoms with E-state index in [1.807, 2.05) is 44.2 Å². The lowest BCUT2D eigenvalue weighted by Gasteiger charge is -2.28. The van der Waals surface area contributed by atoms with E-state index in [-0.39, 0.29) is 24.1 Å². The number of hydrogen-bond donors (Lipinski definition) is 3. The highest BCUT2D eigenvalue weighted by Crippen LogP contribution is 2.42. The van der Waals surface area contributed by atoms with Crippen LogP contribution in [0.1, 0.15) is 155 Å². The van der Waals surface area contributed by atoms with Crippen molar-refractivity contribution < 1.29 is 24.2 Å². The monoisotopic (exact) mass is 758 g/mol. The van der Waals surface area contributed by atoms with Crippen LogP contribution in [-0.2, 0) is 20.9 Å². The summed E-state index contributed by atoms with van der Waals surface area (Å²) >= 11 is 0. The summed E-state index contributed by atoms with van der Waals surface area (Å²) in [7, 11) is 0. The number of imidazole rings is 1. The predicted octanol–water partition coefficient (Wildman–Crippen LogP) is 10.2. The van der Waals surface area contributed by atoms with E-state index in [1.54, 1.807) is 18.2 Å². The number of aromatic nitrogens is 2. The second kappa shape index (κ2) is 22.3. The van der Waals surface area contributed by atoms with Crippen molar-refractivity contribution in [3.63, 3.8) is 0 Å². The summed E-state index contributed by atoms with van der Waals surface area (Å²) in [5.41, 5.74) is 0.101. The number of amides is 2. The van der Waals surface area contributed by atoms with Crippen molar-refractivity contribution in [3.05, 3.63) is 70.8 Å². The summed E-state index contributed by atoms with van der Waals surface area (Å²) in [4.78, 5) is 56.1. The van der Waals surface area contributed by atoms with Gasteiger partial charge in [-0.15, -0.1) is 0 Å². The van der Waals surface area contributed by atoms with Gasteiger partial charge in [-0.1, -0.05) is 141 Å². The fraction of sp³-hybridized carbons (Fsp3) is 0.600. The van der Waals surface area contributed by atoms with Gasteiger partial charge in [0, 0.05) is 17.0 Å². The minimum atomic E-state index is -1.63. The number of ether oxygens (including phenoxy) is 1. The number of carbonyl (C=O) groups is 3. The molecule has 1 aromatic heterocycles. The number of rotatable bonds is 25. The van der Waals surface area contributed by atoms with Crippen LogP contribution >= 0.6 is 0 Å². The Morgan fingerprint density at radius 1 is 0.818 bits per heavy atom. The van der Waals surface area contributed by atoms with E-state index in [0.29, 0.717) is 37.3 Å². The van der Waals surface area contributed by atoms with E-state index >= 15 is 0 Å². The second-order valence-corrected chi connectivity index (χ2v) is 15.8. The minimum absolute atomic E-state index is 0.0919. The average molecular weight is 759 g/mol. The highest BCUT2D eigenvalue weighted by Gasteiger charge is 2.45. The molecule has 1 heterocycles. The molecule has 10 nitrogen and oxygen atoms in total. The van der Waals surface area contributed by atoms with E-state index in [2.05, 4.69) is 24.5 Å². The van der Waals surface area contributed by atoms with E-state index in [0.717, 1.165) is 61.5 Å². The second-order valence-electron chi connectivity index (χ2n) is 15.8. The highest BCUT2D eigenvalue weighted by molar-refractivity contribution is 6.11. The molecule has 0 bridgehead atoms. The fourth-order valence-electron chi connectivity index (χ4n) is 7.73. The zero-order valence-electron chi connectivity index (χ0n) is 33.9. The van der Waals surface area contributed by atoms with E-state index in [1.165, 1.54) is 55.7 Å². The summed E-state index contributed by atoms with van der Waals surface area (Å²) in [6.45, 7) is 8.77. The van der Waals surface area contributed by atoms with Crippen molar-refractivity contribution in [1.82, 2.24) is 9.13 Å². The molecule has 4 rings (SSSR count). The maximum atomic E-state index is 14.5. The number of aromatic hydroxyl groups is 1. The Morgan fingerprint density at radius 3 is 2.09 bits per heavy atom. The van der Waals surface area contributed by atoms with Crippen LogP contribution < -0.4 is 21.1 Å². The molecule has 3 aromatic rings. The van der Waals surface area contributed by atoms with Crippen LogP contribution in [0.4, 0.5) is 11.4 Å². The number of anilines is 2. The predicted molar refractivity (Wildman–Crippen MR) is 221 cm³/mol. The summed E-state index contributed by atoms with van der Waals surface area (Å²) < 4.78 is 8.47. The molecule has 10 heteroatoms. The van der Waals surface area contributed by atoms with Gasteiger partial charge < -0.3 is 20.5 Å². The van der Waals surface area contributed by atoms with Crippen LogP contribution in [0.25, 0.3) is 0 Å². The first-order valence-corrected chi connectivity index (χ1v) is 21.1. The van der Waals surface area contributed by atoms with Crippen LogP contribution in [0.5, 0.6) is 11.6 Å². The maximum Gasteiger partial charge on any atom is 0.332 e. The molecule has 1 saturated carbocycles. The molecule has 1 aliphatic rings. The van der Waals surface area contributed by atoms with Gasteiger partial charge in [0.15, 0.2) is 11.8 Å². The molecule has 2 amide bonds. The minimum Gasteiger partial charge on any atom is -0.493 e. The number of unbranched alkanes of at least 4 members (excludes halogenated alkanes) is 10. The Labute approximate surface area is 328 Å². The molecule has 3 N–H and O–H groups in total. The third-order valence-corrected chi connectivity index (χ3v) is 11.3. The summed E-state index contributed by atoms with van der Waals surface area (Å²) in [5, 5.41) is 17.1. The summed E-state index contributed by atoms with van der Waals surface area (Å²) in [6, 6.07) is 12.8. The van der Waals surface area contributed by atoms with Crippen molar-refractivity contribution in [2.45, 2.75) is 156 Å². The normalized spacial score (nSPS) is 14.7. The van der Waals surface area contributed by atoms with Crippen LogP contribution in [0.2, 0.25) is 0 Å². The first kappa shape index (κ1) is 43.4. The van der Waals surface area contributed by atoms with E-state index < -0.39 is 34.7 Å². The smallest absolute Gasteiger partial charge is 0.332 e. The van der Waals surface area contributed by atoms with Crippen molar-refractivity contribution in [3.8, 4) is 11.6 Å². The van der Waals surface area contributed by atoms with Gasteiger partial charge in [0.1, 0.15) is 5.75 Å². The molecule has 0 saturated heterocycles. The third kappa shape index (κ3) is 12.6. The van der Waals surface area contributed by atoms with Gasteiger partial charge >= 0.3 is 5.69 Å². The van der Waals surface area contributed by atoms with Crippen molar-refractivity contribution >= 4 is 29.0 Å². The Bertz CT molecular complexity index is 1710. The quantitative estimate of drug-likeness (QED) is 0.0582. The zero-order valence-corrected chi connectivity index (χ0v) is 33.9. The first-order chi connectivity index (χ1) is 26.6. The number of nitrogens with zero attached hydrogens (tertiary/aromatic N) is 2. The standard InChI is InChI=1S/C45H66N4O6/c1-5-8-10-11-12-13-14-15-16-22-30-55-38-27-26-36(46-42(52)35(7-3)25-9-6-2)31-37(38)47-43(53)40(41(51)45(4)28-20-21-29-45)49-39(50)33-48(44(49)54)32-34-23-18-17-19-24-34/h17-19,23-24,26-27,31,33,35,40,50H,5-16,20-22,25,28-30,32H2,1-4H3,(H,46,52)(H,47,53). The number of hydrogen-bond acceptors (Lipinski definition) is 6. The largest absolute Gasteiger partial charge is 0.493 e. The van der Waals surface area contributed by atoms with Crippen LogP contribution in [0, 0.1) is 11.3 Å². The first-order valence-electron chi connectivity index (χ1n) is 21.1. The molecular formula is C45H66N4O6. The van der Waals surface area contributed by atoms with Gasteiger partial charge in [-0.25, -0.2) is 9.36 Å².